The van der Waals surface area contributed by atoms with E-state index in [1.165, 1.54) is 32.1 Å². The number of hydrogen-bond donors (Lipinski definition) is 2. The zero-order chi connectivity index (χ0) is 9.10. The van der Waals surface area contributed by atoms with Gasteiger partial charge in [-0.15, -0.1) is 0 Å². The third-order valence-corrected chi connectivity index (χ3v) is 3.43. The summed E-state index contributed by atoms with van der Waals surface area (Å²) in [6, 6.07) is 1.26. The van der Waals surface area contributed by atoms with Gasteiger partial charge < -0.3 is 11.1 Å². The molecule has 2 aliphatic carbocycles. The predicted molar refractivity (Wildman–Crippen MR) is 55.5 cm³/mol. The third kappa shape index (κ3) is 2.12. The van der Waals surface area contributed by atoms with Crippen LogP contribution in [0.1, 0.15) is 32.1 Å². The lowest BCUT2D eigenvalue weighted by atomic mass is 9.79. The van der Waals surface area contributed by atoms with Crippen LogP contribution < -0.4 is 11.1 Å². The Morgan fingerprint density at radius 1 is 1.31 bits per heavy atom. The minimum absolute atomic E-state index is 0.582. The summed E-state index contributed by atoms with van der Waals surface area (Å²) in [5, 5.41) is 3.68. The van der Waals surface area contributed by atoms with Crippen LogP contribution in [0.4, 0.5) is 0 Å². The zero-order valence-corrected chi connectivity index (χ0v) is 8.21. The van der Waals surface area contributed by atoms with Crippen molar-refractivity contribution in [1.29, 1.82) is 0 Å². The van der Waals surface area contributed by atoms with E-state index in [1.807, 2.05) is 0 Å². The molecular weight excluding hydrogens is 160 g/mol. The van der Waals surface area contributed by atoms with E-state index in [0.717, 1.165) is 12.5 Å². The van der Waals surface area contributed by atoms with Crippen LogP contribution in [0.5, 0.6) is 0 Å². The Bertz CT molecular complexity index is 177. The molecule has 2 heteroatoms. The first-order valence-corrected chi connectivity index (χ1v) is 5.51. The smallest absolute Gasteiger partial charge is 0.0221 e. The topological polar surface area (TPSA) is 38.0 Å². The fourth-order valence-electron chi connectivity index (χ4n) is 2.29. The Morgan fingerprint density at radius 3 is 2.46 bits per heavy atom. The highest BCUT2D eigenvalue weighted by Gasteiger charge is 2.27. The van der Waals surface area contributed by atoms with Crippen LogP contribution in [0.3, 0.4) is 0 Å². The highest BCUT2D eigenvalue weighted by Crippen LogP contribution is 2.29. The van der Waals surface area contributed by atoms with Crippen LogP contribution >= 0.6 is 0 Å². The summed E-state index contributed by atoms with van der Waals surface area (Å²) in [5.74, 6) is 0.866. The van der Waals surface area contributed by atoms with E-state index in [-0.39, 0.29) is 0 Å². The van der Waals surface area contributed by atoms with E-state index in [9.17, 15) is 0 Å². The molecule has 0 saturated heterocycles. The summed E-state index contributed by atoms with van der Waals surface area (Å²) in [6.45, 7) is 0.807. The fourth-order valence-corrected chi connectivity index (χ4v) is 2.29. The first-order valence-electron chi connectivity index (χ1n) is 5.51. The molecule has 2 aliphatic rings. The third-order valence-electron chi connectivity index (χ3n) is 3.43. The van der Waals surface area contributed by atoms with Gasteiger partial charge in [0.15, 0.2) is 0 Å². The van der Waals surface area contributed by atoms with Crippen LogP contribution in [0.2, 0.25) is 0 Å². The van der Waals surface area contributed by atoms with Gasteiger partial charge in [-0.1, -0.05) is 18.6 Å². The molecule has 3 N–H and O–H groups in total. The van der Waals surface area contributed by atoms with Gasteiger partial charge in [0.1, 0.15) is 0 Å². The molecule has 74 valence electrons. The van der Waals surface area contributed by atoms with E-state index < -0.39 is 0 Å². The summed E-state index contributed by atoms with van der Waals surface area (Å²) in [6.07, 6.45) is 11.1. The summed E-state index contributed by atoms with van der Waals surface area (Å²) in [4.78, 5) is 0. The Morgan fingerprint density at radius 2 is 2.00 bits per heavy atom. The molecule has 0 heterocycles. The summed E-state index contributed by atoms with van der Waals surface area (Å²) < 4.78 is 0. The van der Waals surface area contributed by atoms with Gasteiger partial charge in [0.2, 0.25) is 0 Å². The average Bonchev–Trinajstić information content (AvgIpc) is 2.52. The molecule has 13 heavy (non-hydrogen) atoms. The lowest BCUT2D eigenvalue weighted by Gasteiger charge is -2.35. The van der Waals surface area contributed by atoms with Gasteiger partial charge in [0.05, 0.1) is 0 Å². The maximum Gasteiger partial charge on any atom is 0.0221 e. The van der Waals surface area contributed by atoms with E-state index in [0.29, 0.717) is 12.1 Å². The minimum atomic E-state index is 0.582. The normalized spacial score (nSPS) is 26.2. The van der Waals surface area contributed by atoms with Gasteiger partial charge in [0, 0.05) is 18.6 Å². The van der Waals surface area contributed by atoms with Crippen molar-refractivity contribution in [2.45, 2.75) is 44.2 Å². The van der Waals surface area contributed by atoms with Crippen molar-refractivity contribution < 1.29 is 0 Å². The fraction of sp³-hybridized carbons (Fsp3) is 0.818. The Balaban J connectivity index is 1.76. The molecule has 0 radical (unpaired) electrons. The van der Waals surface area contributed by atoms with Crippen LogP contribution in [0.15, 0.2) is 12.2 Å². The second-order valence-corrected chi connectivity index (χ2v) is 4.34. The molecule has 1 unspecified atom stereocenters. The first kappa shape index (κ1) is 9.22. The summed E-state index contributed by atoms with van der Waals surface area (Å²) >= 11 is 0. The van der Waals surface area contributed by atoms with Gasteiger partial charge >= 0.3 is 0 Å². The van der Waals surface area contributed by atoms with Gasteiger partial charge in [-0.05, 0) is 31.6 Å². The molecule has 1 saturated carbocycles. The van der Waals surface area contributed by atoms with Crippen molar-refractivity contribution in [3.8, 4) is 0 Å². The highest BCUT2D eigenvalue weighted by molar-refractivity contribution is 4.99. The maximum absolute atomic E-state index is 5.78. The molecule has 2 rings (SSSR count). The molecule has 0 aromatic carbocycles. The molecule has 0 aliphatic heterocycles. The average molecular weight is 180 g/mol. The quantitative estimate of drug-likeness (QED) is 0.642. The van der Waals surface area contributed by atoms with Crippen molar-refractivity contribution in [2.24, 2.45) is 11.7 Å². The first-order chi connectivity index (χ1) is 6.40. The van der Waals surface area contributed by atoms with Crippen LogP contribution in [-0.4, -0.2) is 18.6 Å². The predicted octanol–water partition coefficient (Wildman–Crippen LogP) is 1.42. The number of rotatable bonds is 4. The molecule has 0 aromatic rings. The standard InChI is InChI=1S/C11H20N2/c12-8-11(9-4-3-5-9)13-10-6-1-2-7-10/h1-2,9-11,13H,3-8,12H2. The SMILES string of the molecule is NCC(NC1CC=CC1)C1CCC1. The molecule has 0 aromatic heterocycles. The molecule has 1 atom stereocenters. The van der Waals surface area contributed by atoms with Gasteiger partial charge in [-0.3, -0.25) is 0 Å². The van der Waals surface area contributed by atoms with E-state index in [1.54, 1.807) is 0 Å². The zero-order valence-electron chi connectivity index (χ0n) is 8.21. The molecule has 0 bridgehead atoms. The Hall–Kier alpha value is -0.340. The van der Waals surface area contributed by atoms with E-state index >= 15 is 0 Å². The van der Waals surface area contributed by atoms with Crippen molar-refractivity contribution in [3.05, 3.63) is 12.2 Å². The van der Waals surface area contributed by atoms with Crippen molar-refractivity contribution in [1.82, 2.24) is 5.32 Å². The van der Waals surface area contributed by atoms with Crippen molar-refractivity contribution in [2.75, 3.05) is 6.54 Å². The number of nitrogens with one attached hydrogen (secondary N) is 1. The lowest BCUT2D eigenvalue weighted by molar-refractivity contribution is 0.219. The van der Waals surface area contributed by atoms with Gasteiger partial charge in [0.25, 0.3) is 0 Å². The monoisotopic (exact) mass is 180 g/mol. The molecule has 0 spiro atoms. The molecular formula is C11H20N2. The summed E-state index contributed by atoms with van der Waals surface area (Å²) in [5.41, 5.74) is 5.78. The molecule has 1 fully saturated rings. The Kier molecular flexibility index (Phi) is 3.01. The summed E-state index contributed by atoms with van der Waals surface area (Å²) in [7, 11) is 0. The highest BCUT2D eigenvalue weighted by atomic mass is 15.0. The number of nitrogens with two attached hydrogens (primary N) is 1. The maximum atomic E-state index is 5.78. The van der Waals surface area contributed by atoms with Crippen LogP contribution in [0.25, 0.3) is 0 Å². The lowest BCUT2D eigenvalue weighted by Crippen LogP contribution is -2.48. The molecule has 2 nitrogen and oxygen atoms in total. The second kappa shape index (κ2) is 4.25. The second-order valence-electron chi connectivity index (χ2n) is 4.34. The van der Waals surface area contributed by atoms with E-state index in [2.05, 4.69) is 17.5 Å². The molecule has 0 amide bonds. The largest absolute Gasteiger partial charge is 0.329 e. The van der Waals surface area contributed by atoms with Crippen molar-refractivity contribution in [3.63, 3.8) is 0 Å². The van der Waals surface area contributed by atoms with Crippen molar-refractivity contribution >= 4 is 0 Å². The van der Waals surface area contributed by atoms with E-state index in [4.69, 9.17) is 5.73 Å². The van der Waals surface area contributed by atoms with Gasteiger partial charge in [-0.25, -0.2) is 0 Å². The number of hydrogen-bond acceptors (Lipinski definition) is 2. The minimum Gasteiger partial charge on any atom is -0.329 e. The van der Waals surface area contributed by atoms with Gasteiger partial charge in [-0.2, -0.15) is 0 Å². The van der Waals surface area contributed by atoms with Crippen LogP contribution in [-0.2, 0) is 0 Å². The Labute approximate surface area is 80.6 Å². The van der Waals surface area contributed by atoms with Crippen LogP contribution in [0, 0.1) is 5.92 Å².